The van der Waals surface area contributed by atoms with Crippen molar-refractivity contribution in [1.82, 2.24) is 9.36 Å². The number of rotatable bonds is 2. The molecule has 0 spiro atoms. The number of hydrogen-bond donors (Lipinski definition) is 0. The summed E-state index contributed by atoms with van der Waals surface area (Å²) in [4.78, 5) is 9.35. The standard InChI is InChI=1S/C15H20N4S/c1-11(2)14-16-15(20-17-14)19-9-8-18(3)13-7-5-4-6-12(13)10-19/h4-7,11H,8-10H2,1-3H3. The van der Waals surface area contributed by atoms with Gasteiger partial charge in [0.05, 0.1) is 0 Å². The highest BCUT2D eigenvalue weighted by Crippen LogP contribution is 2.28. The Hall–Kier alpha value is -1.62. The molecule has 5 heteroatoms. The quantitative estimate of drug-likeness (QED) is 0.850. The minimum absolute atomic E-state index is 0.391. The smallest absolute Gasteiger partial charge is 0.205 e. The largest absolute Gasteiger partial charge is 0.373 e. The van der Waals surface area contributed by atoms with Crippen LogP contribution in [-0.2, 0) is 6.54 Å². The van der Waals surface area contributed by atoms with Gasteiger partial charge in [-0.1, -0.05) is 32.0 Å². The third-order valence-corrected chi connectivity index (χ3v) is 4.48. The van der Waals surface area contributed by atoms with Gasteiger partial charge in [-0.25, -0.2) is 4.98 Å². The van der Waals surface area contributed by atoms with Crippen molar-refractivity contribution >= 4 is 22.4 Å². The van der Waals surface area contributed by atoms with Crippen LogP contribution in [0.1, 0.15) is 31.2 Å². The molecule has 1 aromatic carbocycles. The second-order valence-corrected chi connectivity index (χ2v) is 6.29. The minimum atomic E-state index is 0.391. The summed E-state index contributed by atoms with van der Waals surface area (Å²) < 4.78 is 4.47. The van der Waals surface area contributed by atoms with Gasteiger partial charge in [0, 0.05) is 49.8 Å². The van der Waals surface area contributed by atoms with Crippen LogP contribution in [0.5, 0.6) is 0 Å². The summed E-state index contributed by atoms with van der Waals surface area (Å²) in [5.41, 5.74) is 2.68. The SMILES string of the molecule is CC(C)c1nsc(N2CCN(C)c3ccccc3C2)n1. The normalized spacial score (nSPS) is 15.4. The van der Waals surface area contributed by atoms with Gasteiger partial charge >= 0.3 is 0 Å². The zero-order valence-electron chi connectivity index (χ0n) is 12.2. The summed E-state index contributed by atoms with van der Waals surface area (Å²) in [7, 11) is 2.15. The average molecular weight is 288 g/mol. The number of benzene rings is 1. The van der Waals surface area contributed by atoms with Gasteiger partial charge in [0.1, 0.15) is 5.82 Å². The van der Waals surface area contributed by atoms with Crippen molar-refractivity contribution in [2.75, 3.05) is 29.9 Å². The second kappa shape index (κ2) is 5.40. The molecule has 4 nitrogen and oxygen atoms in total. The minimum Gasteiger partial charge on any atom is -0.373 e. The zero-order chi connectivity index (χ0) is 14.1. The molecule has 1 aliphatic rings. The number of para-hydroxylation sites is 1. The van der Waals surface area contributed by atoms with Crippen molar-refractivity contribution in [3.05, 3.63) is 35.7 Å². The molecular weight excluding hydrogens is 268 g/mol. The summed E-state index contributed by atoms with van der Waals surface area (Å²) >= 11 is 1.52. The molecule has 2 heterocycles. The Morgan fingerprint density at radius 3 is 2.75 bits per heavy atom. The van der Waals surface area contributed by atoms with Gasteiger partial charge in [0.25, 0.3) is 0 Å². The molecule has 0 aliphatic carbocycles. The molecule has 0 saturated heterocycles. The molecule has 0 atom stereocenters. The molecule has 0 unspecified atom stereocenters. The maximum Gasteiger partial charge on any atom is 0.205 e. The van der Waals surface area contributed by atoms with E-state index >= 15 is 0 Å². The van der Waals surface area contributed by atoms with E-state index in [-0.39, 0.29) is 0 Å². The van der Waals surface area contributed by atoms with Crippen molar-refractivity contribution in [3.63, 3.8) is 0 Å². The lowest BCUT2D eigenvalue weighted by molar-refractivity contribution is 0.768. The highest BCUT2D eigenvalue weighted by Gasteiger charge is 2.20. The molecule has 0 N–H and O–H groups in total. The Labute approximate surface area is 124 Å². The first kappa shape index (κ1) is 13.4. The molecule has 20 heavy (non-hydrogen) atoms. The first-order valence-corrected chi connectivity index (χ1v) is 7.80. The predicted octanol–water partition coefficient (Wildman–Crippen LogP) is 3.12. The fourth-order valence-electron chi connectivity index (χ4n) is 2.45. The maximum absolute atomic E-state index is 4.69. The van der Waals surface area contributed by atoms with Crippen LogP contribution in [0, 0.1) is 0 Å². The summed E-state index contributed by atoms with van der Waals surface area (Å²) in [6.45, 7) is 7.17. The van der Waals surface area contributed by atoms with Crippen molar-refractivity contribution in [2.24, 2.45) is 0 Å². The van der Waals surface area contributed by atoms with Crippen molar-refractivity contribution in [2.45, 2.75) is 26.3 Å². The fourth-order valence-corrected chi connectivity index (χ4v) is 3.28. The number of fused-ring (bicyclic) bond motifs is 1. The number of anilines is 2. The Bertz CT molecular complexity index is 593. The molecule has 106 valence electrons. The van der Waals surface area contributed by atoms with Gasteiger partial charge in [-0.15, -0.1) is 0 Å². The van der Waals surface area contributed by atoms with Crippen LogP contribution in [0.4, 0.5) is 10.8 Å². The van der Waals surface area contributed by atoms with E-state index in [1.165, 1.54) is 22.8 Å². The highest BCUT2D eigenvalue weighted by atomic mass is 32.1. The third-order valence-electron chi connectivity index (χ3n) is 3.69. The van der Waals surface area contributed by atoms with Gasteiger partial charge in [-0.3, -0.25) is 0 Å². The van der Waals surface area contributed by atoms with E-state index in [0.717, 1.165) is 30.6 Å². The molecule has 0 radical (unpaired) electrons. The summed E-state index contributed by atoms with van der Waals surface area (Å²) in [6, 6.07) is 8.61. The molecule has 0 fully saturated rings. The van der Waals surface area contributed by atoms with Gasteiger partial charge in [-0.05, 0) is 11.6 Å². The first-order valence-electron chi connectivity index (χ1n) is 7.02. The molecule has 3 rings (SSSR count). The molecule has 1 aromatic heterocycles. The van der Waals surface area contributed by atoms with E-state index in [4.69, 9.17) is 0 Å². The van der Waals surface area contributed by atoms with Crippen molar-refractivity contribution in [1.29, 1.82) is 0 Å². The molecule has 1 aliphatic heterocycles. The van der Waals surface area contributed by atoms with E-state index in [0.29, 0.717) is 5.92 Å². The van der Waals surface area contributed by atoms with Crippen LogP contribution in [-0.4, -0.2) is 29.5 Å². The van der Waals surface area contributed by atoms with Crippen molar-refractivity contribution < 1.29 is 0 Å². The molecular formula is C15H20N4S. The first-order chi connectivity index (χ1) is 9.65. The zero-order valence-corrected chi connectivity index (χ0v) is 13.0. The van der Waals surface area contributed by atoms with Gasteiger partial charge in [0.2, 0.25) is 5.13 Å². The van der Waals surface area contributed by atoms with Crippen LogP contribution in [0.15, 0.2) is 24.3 Å². The predicted molar refractivity (Wildman–Crippen MR) is 84.8 cm³/mol. The van der Waals surface area contributed by atoms with Crippen LogP contribution in [0.3, 0.4) is 0 Å². The molecule has 2 aromatic rings. The molecule has 0 bridgehead atoms. The topological polar surface area (TPSA) is 32.3 Å². The lowest BCUT2D eigenvalue weighted by Gasteiger charge is -2.19. The number of nitrogens with zero attached hydrogens (tertiary/aromatic N) is 4. The van der Waals surface area contributed by atoms with Gasteiger partial charge < -0.3 is 9.80 Å². The van der Waals surface area contributed by atoms with Crippen LogP contribution in [0.25, 0.3) is 0 Å². The monoisotopic (exact) mass is 288 g/mol. The average Bonchev–Trinajstić information content (AvgIpc) is 2.87. The van der Waals surface area contributed by atoms with Crippen molar-refractivity contribution in [3.8, 4) is 0 Å². The van der Waals surface area contributed by atoms with Crippen LogP contribution in [0.2, 0.25) is 0 Å². The van der Waals surface area contributed by atoms with Gasteiger partial charge in [-0.2, -0.15) is 4.37 Å². The Kier molecular flexibility index (Phi) is 3.61. The Morgan fingerprint density at radius 1 is 1.20 bits per heavy atom. The third kappa shape index (κ3) is 2.50. The van der Waals surface area contributed by atoms with Crippen LogP contribution < -0.4 is 9.80 Å². The fraction of sp³-hybridized carbons (Fsp3) is 0.467. The number of hydrogen-bond acceptors (Lipinski definition) is 5. The lowest BCUT2D eigenvalue weighted by atomic mass is 10.1. The molecule has 0 amide bonds. The summed E-state index contributed by atoms with van der Waals surface area (Å²) in [5, 5.41) is 1.04. The maximum atomic E-state index is 4.69. The van der Waals surface area contributed by atoms with E-state index in [1.807, 2.05) is 0 Å². The van der Waals surface area contributed by atoms with Crippen LogP contribution >= 0.6 is 11.5 Å². The van der Waals surface area contributed by atoms with E-state index in [9.17, 15) is 0 Å². The number of aromatic nitrogens is 2. The second-order valence-electron chi connectivity index (χ2n) is 5.56. The highest BCUT2D eigenvalue weighted by molar-refractivity contribution is 7.09. The summed E-state index contributed by atoms with van der Waals surface area (Å²) in [6.07, 6.45) is 0. The van der Waals surface area contributed by atoms with Gasteiger partial charge in [0.15, 0.2) is 0 Å². The Morgan fingerprint density at radius 2 is 2.00 bits per heavy atom. The molecule has 0 saturated carbocycles. The van der Waals surface area contributed by atoms with E-state index in [2.05, 4.69) is 64.3 Å². The van der Waals surface area contributed by atoms with E-state index in [1.54, 1.807) is 0 Å². The lowest BCUT2D eigenvalue weighted by Crippen LogP contribution is -2.29. The Balaban J connectivity index is 1.89. The van der Waals surface area contributed by atoms with E-state index < -0.39 is 0 Å². The summed E-state index contributed by atoms with van der Waals surface area (Å²) in [5.74, 6) is 1.35. The number of likely N-dealkylation sites (N-methyl/N-ethyl adjacent to an activating group) is 1.